The molecule has 1 fully saturated rings. The van der Waals surface area contributed by atoms with Crippen molar-refractivity contribution < 1.29 is 20.1 Å². The molecule has 4 atom stereocenters. The van der Waals surface area contributed by atoms with E-state index in [-0.39, 0.29) is 18.6 Å². The molecule has 1 aliphatic rings. The van der Waals surface area contributed by atoms with Crippen LogP contribution >= 0.6 is 0 Å². The number of hydrogen-bond acceptors (Lipinski definition) is 5. The zero-order chi connectivity index (χ0) is 20.1. The minimum Gasteiger partial charge on any atom is -0.481 e. The van der Waals surface area contributed by atoms with E-state index in [0.29, 0.717) is 19.0 Å². The summed E-state index contributed by atoms with van der Waals surface area (Å²) < 4.78 is 0. The van der Waals surface area contributed by atoms with E-state index < -0.39 is 11.6 Å². The summed E-state index contributed by atoms with van der Waals surface area (Å²) in [7, 11) is 0. The van der Waals surface area contributed by atoms with Gasteiger partial charge in [0.1, 0.15) is 0 Å². The fourth-order valence-electron chi connectivity index (χ4n) is 4.02. The van der Waals surface area contributed by atoms with Crippen molar-refractivity contribution in [2.75, 3.05) is 13.1 Å². The van der Waals surface area contributed by atoms with Gasteiger partial charge in [0.2, 0.25) is 0 Å². The molecule has 27 heavy (non-hydrogen) atoms. The lowest BCUT2D eigenvalue weighted by Gasteiger charge is -2.32. The van der Waals surface area contributed by atoms with Crippen LogP contribution in [0.1, 0.15) is 90.9 Å². The number of piperidine rings is 1. The molecular formula is C21H42N2O4. The molecule has 0 bridgehead atoms. The fraction of sp³-hybridized carbons (Fsp3) is 0.952. The van der Waals surface area contributed by atoms with Crippen molar-refractivity contribution in [1.82, 2.24) is 10.6 Å². The highest BCUT2D eigenvalue weighted by atomic mass is 16.4. The van der Waals surface area contributed by atoms with Crippen molar-refractivity contribution in [2.24, 2.45) is 0 Å². The molecule has 1 rings (SSSR count). The maximum absolute atomic E-state index is 11.0. The van der Waals surface area contributed by atoms with Crippen LogP contribution in [0.3, 0.4) is 0 Å². The second kappa shape index (κ2) is 13.5. The number of carbonyl (C=O) groups is 1. The van der Waals surface area contributed by atoms with Gasteiger partial charge in [-0.25, -0.2) is 0 Å². The van der Waals surface area contributed by atoms with Gasteiger partial charge in [0.05, 0.1) is 18.1 Å². The largest absolute Gasteiger partial charge is 0.481 e. The van der Waals surface area contributed by atoms with Crippen molar-refractivity contribution in [2.45, 2.75) is 115 Å². The minimum atomic E-state index is -1.13. The predicted molar refractivity (Wildman–Crippen MR) is 109 cm³/mol. The zero-order valence-electron chi connectivity index (χ0n) is 17.4. The first-order valence-electron chi connectivity index (χ1n) is 11.0. The Bertz CT molecular complexity index is 408. The van der Waals surface area contributed by atoms with Crippen LogP contribution in [0.4, 0.5) is 0 Å². The number of unbranched alkanes of at least 4 members (excludes halogenated alkanes) is 6. The lowest BCUT2D eigenvalue weighted by Crippen LogP contribution is -2.48. The number of carboxylic acid groups (broad SMARTS) is 1. The number of aliphatic hydroxyl groups is 2. The van der Waals surface area contributed by atoms with Gasteiger partial charge in [0.15, 0.2) is 0 Å². The fourth-order valence-corrected chi connectivity index (χ4v) is 4.02. The molecule has 1 aliphatic heterocycles. The van der Waals surface area contributed by atoms with Gasteiger partial charge in [-0.3, -0.25) is 4.79 Å². The highest BCUT2D eigenvalue weighted by molar-refractivity contribution is 5.68. The number of hydrogen-bond donors (Lipinski definition) is 5. The smallest absolute Gasteiger partial charge is 0.306 e. The molecule has 0 amide bonds. The summed E-state index contributed by atoms with van der Waals surface area (Å²) in [5.74, 6) is -0.938. The second-order valence-corrected chi connectivity index (χ2v) is 8.39. The maximum Gasteiger partial charge on any atom is 0.306 e. The van der Waals surface area contributed by atoms with Crippen LogP contribution in [0.15, 0.2) is 0 Å². The van der Waals surface area contributed by atoms with Crippen molar-refractivity contribution in [3.63, 3.8) is 0 Å². The number of carboxylic acids is 1. The summed E-state index contributed by atoms with van der Waals surface area (Å²) >= 11 is 0. The molecule has 0 aromatic rings. The van der Waals surface area contributed by atoms with E-state index in [2.05, 4.69) is 17.6 Å². The molecule has 0 radical (unpaired) electrons. The minimum absolute atomic E-state index is 0.188. The molecule has 0 aromatic heterocycles. The van der Waals surface area contributed by atoms with Crippen molar-refractivity contribution in [3.05, 3.63) is 0 Å². The van der Waals surface area contributed by atoms with Gasteiger partial charge in [0.25, 0.3) is 0 Å². The standard InChI is InChI=1S/C21H42N2O4/c1-3-22-16-21(27,15-20(25)26)14-10-8-6-4-5-7-9-11-18-12-13-19(24)17(2)23-18/h17-19,22-24,27H,3-16H2,1-2H3,(H,25,26). The summed E-state index contributed by atoms with van der Waals surface area (Å²) in [6.07, 6.45) is 11.4. The first-order valence-corrected chi connectivity index (χ1v) is 11.0. The zero-order valence-corrected chi connectivity index (χ0v) is 17.4. The van der Waals surface area contributed by atoms with Gasteiger partial charge in [-0.15, -0.1) is 0 Å². The molecular weight excluding hydrogens is 344 g/mol. The first kappa shape index (κ1) is 24.3. The van der Waals surface area contributed by atoms with E-state index in [0.717, 1.165) is 38.6 Å². The monoisotopic (exact) mass is 386 g/mol. The van der Waals surface area contributed by atoms with E-state index in [4.69, 9.17) is 5.11 Å². The molecule has 0 aromatic carbocycles. The Kier molecular flexibility index (Phi) is 12.2. The van der Waals surface area contributed by atoms with Crippen molar-refractivity contribution in [3.8, 4) is 0 Å². The first-order chi connectivity index (χ1) is 12.9. The second-order valence-electron chi connectivity index (χ2n) is 8.39. The maximum atomic E-state index is 11.0. The number of aliphatic carboxylic acids is 1. The van der Waals surface area contributed by atoms with Crippen molar-refractivity contribution >= 4 is 5.97 Å². The third-order valence-electron chi connectivity index (χ3n) is 5.77. The Hall–Kier alpha value is -0.690. The van der Waals surface area contributed by atoms with Crippen LogP contribution < -0.4 is 10.6 Å². The van der Waals surface area contributed by atoms with Gasteiger partial charge < -0.3 is 26.0 Å². The van der Waals surface area contributed by atoms with Crippen LogP contribution in [0, 0.1) is 0 Å². The van der Waals surface area contributed by atoms with Crippen LogP contribution in [0.25, 0.3) is 0 Å². The molecule has 6 nitrogen and oxygen atoms in total. The molecule has 0 saturated carbocycles. The van der Waals surface area contributed by atoms with Crippen LogP contribution in [0.2, 0.25) is 0 Å². The third kappa shape index (κ3) is 11.0. The Morgan fingerprint density at radius 1 is 1.11 bits per heavy atom. The van der Waals surface area contributed by atoms with Gasteiger partial charge in [-0.05, 0) is 39.2 Å². The number of likely N-dealkylation sites (N-methyl/N-ethyl adjacent to an activating group) is 1. The molecule has 1 saturated heterocycles. The number of rotatable bonds is 15. The molecule has 0 aliphatic carbocycles. The Balaban J connectivity index is 2.02. The molecule has 1 heterocycles. The van der Waals surface area contributed by atoms with E-state index in [1.54, 1.807) is 0 Å². The Morgan fingerprint density at radius 3 is 2.33 bits per heavy atom. The van der Waals surface area contributed by atoms with Gasteiger partial charge >= 0.3 is 5.97 Å². The summed E-state index contributed by atoms with van der Waals surface area (Å²) in [5, 5.41) is 35.8. The van der Waals surface area contributed by atoms with Gasteiger partial charge in [-0.2, -0.15) is 0 Å². The SMILES string of the molecule is CCNCC(O)(CCCCCCCCCC1CCC(O)C(C)N1)CC(=O)O. The lowest BCUT2D eigenvalue weighted by atomic mass is 9.91. The van der Waals surface area contributed by atoms with E-state index in [1.165, 1.54) is 32.1 Å². The number of nitrogens with one attached hydrogen (secondary N) is 2. The quantitative estimate of drug-likeness (QED) is 0.277. The normalized spacial score (nSPS) is 25.3. The predicted octanol–water partition coefficient (Wildman–Crippen LogP) is 2.81. The highest BCUT2D eigenvalue weighted by Gasteiger charge is 2.29. The van der Waals surface area contributed by atoms with Crippen molar-refractivity contribution in [1.29, 1.82) is 0 Å². The third-order valence-corrected chi connectivity index (χ3v) is 5.77. The molecule has 4 unspecified atom stereocenters. The average Bonchev–Trinajstić information content (AvgIpc) is 2.61. The summed E-state index contributed by atoms with van der Waals surface area (Å²) in [6, 6.07) is 0.781. The summed E-state index contributed by atoms with van der Waals surface area (Å²) in [4.78, 5) is 11.0. The average molecular weight is 387 g/mol. The van der Waals surface area contributed by atoms with Gasteiger partial charge in [0, 0.05) is 18.6 Å². The van der Waals surface area contributed by atoms with Gasteiger partial charge in [-0.1, -0.05) is 51.9 Å². The molecule has 160 valence electrons. The topological polar surface area (TPSA) is 102 Å². The van der Waals surface area contributed by atoms with Crippen LogP contribution in [-0.2, 0) is 4.79 Å². The summed E-state index contributed by atoms with van der Waals surface area (Å²) in [6.45, 7) is 5.10. The highest BCUT2D eigenvalue weighted by Crippen LogP contribution is 2.21. The van der Waals surface area contributed by atoms with Crippen LogP contribution in [0.5, 0.6) is 0 Å². The molecule has 0 spiro atoms. The van der Waals surface area contributed by atoms with Crippen LogP contribution in [-0.4, -0.2) is 58.2 Å². The summed E-state index contributed by atoms with van der Waals surface area (Å²) in [5.41, 5.74) is -1.13. The molecule has 5 N–H and O–H groups in total. The Morgan fingerprint density at radius 2 is 1.74 bits per heavy atom. The van der Waals surface area contributed by atoms with E-state index >= 15 is 0 Å². The Labute approximate surface area is 165 Å². The lowest BCUT2D eigenvalue weighted by molar-refractivity contribution is -0.142. The molecule has 6 heteroatoms. The van der Waals surface area contributed by atoms with E-state index in [1.807, 2.05) is 6.92 Å². The van der Waals surface area contributed by atoms with E-state index in [9.17, 15) is 15.0 Å². The number of aliphatic hydroxyl groups excluding tert-OH is 1.